The van der Waals surface area contributed by atoms with Crippen molar-refractivity contribution in [1.82, 2.24) is 14.9 Å². The lowest BCUT2D eigenvalue weighted by atomic mass is 10.1. The summed E-state index contributed by atoms with van der Waals surface area (Å²) < 4.78 is 0. The number of hydrogen-bond donors (Lipinski definition) is 1. The third-order valence-electron chi connectivity index (χ3n) is 4.52. The Kier molecular flexibility index (Phi) is 6.26. The molecule has 2 heterocycles. The van der Waals surface area contributed by atoms with Crippen LogP contribution in [0.25, 0.3) is 0 Å². The summed E-state index contributed by atoms with van der Waals surface area (Å²) in [6, 6.07) is 11.3. The Labute approximate surface area is 170 Å². The van der Waals surface area contributed by atoms with Gasteiger partial charge in [0, 0.05) is 37.7 Å². The van der Waals surface area contributed by atoms with Crippen LogP contribution in [0.4, 0.5) is 11.5 Å². The molecular weight excluding hydrogens is 372 g/mol. The van der Waals surface area contributed by atoms with E-state index in [0.717, 1.165) is 28.8 Å². The number of carbonyl (C=O) groups excluding carboxylic acids is 1. The first-order chi connectivity index (χ1) is 13.4. The first-order valence-corrected chi connectivity index (χ1v) is 9.46. The molecule has 0 saturated heterocycles. The van der Waals surface area contributed by atoms with Crippen LogP contribution in [0.3, 0.4) is 0 Å². The maximum atomic E-state index is 12.8. The number of amides is 1. The van der Waals surface area contributed by atoms with Gasteiger partial charge in [-0.1, -0.05) is 17.7 Å². The van der Waals surface area contributed by atoms with Gasteiger partial charge in [0.15, 0.2) is 0 Å². The summed E-state index contributed by atoms with van der Waals surface area (Å²) in [5.41, 5.74) is 4.65. The summed E-state index contributed by atoms with van der Waals surface area (Å²) in [6.45, 7) is 4.61. The fourth-order valence-electron chi connectivity index (χ4n) is 3.00. The SMILES string of the molecule is Cc1cc(C)c(Nc2cc(C(=O)N(C)CCc3ccncc3)ccn2)c(Cl)c1. The van der Waals surface area contributed by atoms with Crippen LogP contribution >= 0.6 is 11.6 Å². The van der Waals surface area contributed by atoms with Crippen LogP contribution in [-0.4, -0.2) is 34.4 Å². The Hall–Kier alpha value is -2.92. The van der Waals surface area contributed by atoms with Gasteiger partial charge in [0.25, 0.3) is 5.91 Å². The number of rotatable bonds is 6. The summed E-state index contributed by atoms with van der Waals surface area (Å²) in [7, 11) is 1.80. The average molecular weight is 395 g/mol. The average Bonchev–Trinajstić information content (AvgIpc) is 2.69. The predicted octanol–water partition coefficient (Wildman–Crippen LogP) is 4.81. The van der Waals surface area contributed by atoms with Gasteiger partial charge in [0.1, 0.15) is 5.82 Å². The molecule has 3 aromatic rings. The molecular formula is C22H23ClN4O. The maximum absolute atomic E-state index is 12.8. The molecule has 5 nitrogen and oxygen atoms in total. The Morgan fingerprint density at radius 2 is 1.86 bits per heavy atom. The van der Waals surface area contributed by atoms with Crippen LogP contribution in [0.1, 0.15) is 27.0 Å². The number of aromatic nitrogens is 2. The van der Waals surface area contributed by atoms with E-state index in [4.69, 9.17) is 11.6 Å². The van der Waals surface area contributed by atoms with E-state index in [1.165, 1.54) is 0 Å². The van der Waals surface area contributed by atoms with E-state index < -0.39 is 0 Å². The molecule has 3 rings (SSSR count). The molecule has 0 spiro atoms. The van der Waals surface area contributed by atoms with E-state index in [0.29, 0.717) is 22.9 Å². The lowest BCUT2D eigenvalue weighted by Gasteiger charge is -2.18. The normalized spacial score (nSPS) is 10.6. The number of nitrogens with zero attached hydrogens (tertiary/aromatic N) is 3. The maximum Gasteiger partial charge on any atom is 0.253 e. The molecule has 0 aliphatic heterocycles. The van der Waals surface area contributed by atoms with Crippen LogP contribution in [0.5, 0.6) is 0 Å². The molecule has 0 aliphatic carbocycles. The van der Waals surface area contributed by atoms with Crippen molar-refractivity contribution in [2.75, 3.05) is 18.9 Å². The van der Waals surface area contributed by atoms with Gasteiger partial charge in [-0.25, -0.2) is 4.98 Å². The first kappa shape index (κ1) is 19.8. The number of carbonyl (C=O) groups is 1. The Morgan fingerprint density at radius 1 is 1.11 bits per heavy atom. The smallest absolute Gasteiger partial charge is 0.253 e. The Balaban J connectivity index is 1.71. The third kappa shape index (κ3) is 4.87. The van der Waals surface area contributed by atoms with Crippen molar-refractivity contribution >= 4 is 29.0 Å². The molecule has 28 heavy (non-hydrogen) atoms. The molecule has 0 aliphatic rings. The number of benzene rings is 1. The highest BCUT2D eigenvalue weighted by Crippen LogP contribution is 2.29. The standard InChI is InChI=1S/C22H23ClN4O/c1-15-12-16(2)21(19(23)13-15)26-20-14-18(6-10-25-20)22(28)27(3)11-7-17-4-8-24-9-5-17/h4-6,8-10,12-14H,7,11H2,1-3H3,(H,25,26). The predicted molar refractivity (Wildman–Crippen MR) is 113 cm³/mol. The van der Waals surface area contributed by atoms with Gasteiger partial charge in [0.05, 0.1) is 10.7 Å². The zero-order valence-corrected chi connectivity index (χ0v) is 17.0. The highest BCUT2D eigenvalue weighted by molar-refractivity contribution is 6.33. The number of aryl methyl sites for hydroxylation is 2. The molecule has 0 atom stereocenters. The van der Waals surface area contributed by atoms with Crippen molar-refractivity contribution in [3.05, 3.63) is 82.3 Å². The quantitative estimate of drug-likeness (QED) is 0.652. The summed E-state index contributed by atoms with van der Waals surface area (Å²) in [5.74, 6) is 0.536. The topological polar surface area (TPSA) is 58.1 Å². The minimum Gasteiger partial charge on any atom is -0.341 e. The van der Waals surface area contributed by atoms with E-state index >= 15 is 0 Å². The molecule has 1 aromatic carbocycles. The molecule has 0 unspecified atom stereocenters. The molecule has 0 bridgehead atoms. The fourth-order valence-corrected chi connectivity index (χ4v) is 3.37. The van der Waals surface area contributed by atoms with Crippen molar-refractivity contribution < 1.29 is 4.79 Å². The minimum atomic E-state index is -0.0498. The molecule has 2 aromatic heterocycles. The van der Waals surface area contributed by atoms with Crippen LogP contribution in [-0.2, 0) is 6.42 Å². The van der Waals surface area contributed by atoms with Gasteiger partial charge >= 0.3 is 0 Å². The van der Waals surface area contributed by atoms with Gasteiger partial charge in [-0.15, -0.1) is 0 Å². The second-order valence-corrected chi connectivity index (χ2v) is 7.23. The fraction of sp³-hybridized carbons (Fsp3) is 0.227. The second-order valence-electron chi connectivity index (χ2n) is 6.83. The minimum absolute atomic E-state index is 0.0498. The molecule has 1 amide bonds. The van der Waals surface area contributed by atoms with Crippen molar-refractivity contribution in [1.29, 1.82) is 0 Å². The van der Waals surface area contributed by atoms with Crippen molar-refractivity contribution in [2.45, 2.75) is 20.3 Å². The molecule has 0 fully saturated rings. The number of anilines is 2. The van der Waals surface area contributed by atoms with Gasteiger partial charge in [-0.2, -0.15) is 0 Å². The highest BCUT2D eigenvalue weighted by atomic mass is 35.5. The second kappa shape index (κ2) is 8.85. The van der Waals surface area contributed by atoms with E-state index in [1.54, 1.807) is 42.7 Å². The van der Waals surface area contributed by atoms with E-state index in [2.05, 4.69) is 21.4 Å². The Bertz CT molecular complexity index is 952. The van der Waals surface area contributed by atoms with Crippen LogP contribution in [0.2, 0.25) is 5.02 Å². The monoisotopic (exact) mass is 394 g/mol. The summed E-state index contributed by atoms with van der Waals surface area (Å²) in [4.78, 5) is 22.8. The highest BCUT2D eigenvalue weighted by Gasteiger charge is 2.13. The number of halogens is 1. The lowest BCUT2D eigenvalue weighted by Crippen LogP contribution is -2.28. The molecule has 0 radical (unpaired) electrons. The zero-order chi connectivity index (χ0) is 20.1. The molecule has 0 saturated carbocycles. The van der Waals surface area contributed by atoms with Crippen molar-refractivity contribution in [2.24, 2.45) is 0 Å². The van der Waals surface area contributed by atoms with Crippen molar-refractivity contribution in [3.63, 3.8) is 0 Å². The summed E-state index contributed by atoms with van der Waals surface area (Å²) in [5, 5.41) is 3.87. The van der Waals surface area contributed by atoms with Crippen LogP contribution in [0.15, 0.2) is 55.0 Å². The third-order valence-corrected chi connectivity index (χ3v) is 4.82. The van der Waals surface area contributed by atoms with Crippen LogP contribution in [0, 0.1) is 13.8 Å². The van der Waals surface area contributed by atoms with E-state index in [9.17, 15) is 4.79 Å². The van der Waals surface area contributed by atoms with Gasteiger partial charge in [-0.05, 0) is 67.3 Å². The first-order valence-electron chi connectivity index (χ1n) is 9.08. The number of hydrogen-bond acceptors (Lipinski definition) is 4. The van der Waals surface area contributed by atoms with Gasteiger partial charge in [0.2, 0.25) is 0 Å². The number of pyridine rings is 2. The summed E-state index contributed by atoms with van der Waals surface area (Å²) >= 11 is 6.37. The van der Waals surface area contributed by atoms with Crippen molar-refractivity contribution in [3.8, 4) is 0 Å². The van der Waals surface area contributed by atoms with E-state index in [-0.39, 0.29) is 5.91 Å². The largest absolute Gasteiger partial charge is 0.341 e. The molecule has 1 N–H and O–H groups in total. The molecule has 6 heteroatoms. The molecule has 144 valence electrons. The lowest BCUT2D eigenvalue weighted by molar-refractivity contribution is 0.0796. The Morgan fingerprint density at radius 3 is 2.57 bits per heavy atom. The van der Waals surface area contributed by atoms with E-state index in [1.807, 2.05) is 32.0 Å². The zero-order valence-electron chi connectivity index (χ0n) is 16.2. The van der Waals surface area contributed by atoms with Gasteiger partial charge in [-0.3, -0.25) is 9.78 Å². The summed E-state index contributed by atoms with van der Waals surface area (Å²) in [6.07, 6.45) is 5.93. The van der Waals surface area contributed by atoms with Gasteiger partial charge < -0.3 is 10.2 Å². The number of nitrogens with one attached hydrogen (secondary N) is 1. The number of likely N-dealkylation sites (N-methyl/N-ethyl adjacent to an activating group) is 1. The van der Waals surface area contributed by atoms with Crippen LogP contribution < -0.4 is 5.32 Å².